The van der Waals surface area contributed by atoms with Gasteiger partial charge in [-0.15, -0.1) is 5.10 Å². The molecule has 1 aromatic carbocycles. The summed E-state index contributed by atoms with van der Waals surface area (Å²) in [6, 6.07) is 2.97. The summed E-state index contributed by atoms with van der Waals surface area (Å²) in [4.78, 5) is 28.9. The number of carbonyl (C=O) groups is 1. The van der Waals surface area contributed by atoms with Crippen molar-refractivity contribution in [3.05, 3.63) is 45.6 Å². The number of ether oxygens (including phenoxy) is 1. The third-order valence-electron chi connectivity index (χ3n) is 6.93. The van der Waals surface area contributed by atoms with Crippen molar-refractivity contribution < 1.29 is 32.6 Å². The van der Waals surface area contributed by atoms with Gasteiger partial charge in [0.05, 0.1) is 19.4 Å². The Morgan fingerprint density at radius 2 is 1.97 bits per heavy atom. The average Bonchev–Trinajstić information content (AvgIpc) is 3.25. The summed E-state index contributed by atoms with van der Waals surface area (Å²) in [5.74, 6) is -1.84. The van der Waals surface area contributed by atoms with Gasteiger partial charge in [0.15, 0.2) is 17.3 Å². The summed E-state index contributed by atoms with van der Waals surface area (Å²) in [7, 11) is -1.34. The zero-order valence-corrected chi connectivity index (χ0v) is 23.0. The van der Waals surface area contributed by atoms with Crippen LogP contribution in [0.5, 0.6) is 11.5 Å². The molecule has 39 heavy (non-hydrogen) atoms. The monoisotopic (exact) mass is 565 g/mol. The quantitative estimate of drug-likeness (QED) is 0.353. The fraction of sp³-hybridized carbons (Fsp3) is 0.480. The Morgan fingerprint density at radius 3 is 2.59 bits per heavy atom. The van der Waals surface area contributed by atoms with Crippen LogP contribution >= 0.6 is 0 Å². The minimum atomic E-state index is -3.97. The second-order valence-corrected chi connectivity index (χ2v) is 11.6. The van der Waals surface area contributed by atoms with Gasteiger partial charge in [-0.25, -0.2) is 17.5 Å². The van der Waals surface area contributed by atoms with Crippen LogP contribution in [0.2, 0.25) is 0 Å². The molecule has 212 valence electrons. The molecule has 0 spiro atoms. The number of hydrogen-bond acceptors (Lipinski definition) is 8. The Bertz CT molecular complexity index is 1580. The number of anilines is 1. The number of aliphatic hydroxyl groups excluding tert-OH is 1. The minimum Gasteiger partial charge on any atom is -0.507 e. The second kappa shape index (κ2) is 10.8. The maximum absolute atomic E-state index is 13.8. The molecule has 3 aromatic rings. The van der Waals surface area contributed by atoms with Crippen molar-refractivity contribution in [2.45, 2.75) is 39.3 Å². The molecule has 14 heteroatoms. The van der Waals surface area contributed by atoms with Crippen LogP contribution in [-0.2, 0) is 16.6 Å². The molecule has 1 amide bonds. The van der Waals surface area contributed by atoms with Crippen LogP contribution in [0.3, 0.4) is 0 Å². The summed E-state index contributed by atoms with van der Waals surface area (Å²) in [5, 5.41) is 23.7. The van der Waals surface area contributed by atoms with E-state index in [9.17, 15) is 27.5 Å². The number of phenols is 1. The topological polar surface area (TPSA) is 147 Å². The molecule has 1 atom stereocenters. The van der Waals surface area contributed by atoms with Gasteiger partial charge in [0.1, 0.15) is 22.5 Å². The van der Waals surface area contributed by atoms with Crippen molar-refractivity contribution in [3.63, 3.8) is 0 Å². The molecular weight excluding hydrogens is 533 g/mol. The minimum absolute atomic E-state index is 0.00296. The number of fused-ring (bicyclic) bond motifs is 3. The Balaban J connectivity index is 2.04. The first-order chi connectivity index (χ1) is 18.5. The number of carbonyl (C=O) groups excluding carboxylic acids is 1. The van der Waals surface area contributed by atoms with E-state index >= 15 is 0 Å². The Morgan fingerprint density at radius 1 is 1.26 bits per heavy atom. The van der Waals surface area contributed by atoms with Crippen LogP contribution < -0.4 is 14.6 Å². The van der Waals surface area contributed by atoms with Gasteiger partial charge in [-0.2, -0.15) is 0 Å². The first kappa shape index (κ1) is 28.4. The van der Waals surface area contributed by atoms with E-state index in [1.165, 1.54) is 20.2 Å². The van der Waals surface area contributed by atoms with E-state index < -0.39 is 27.1 Å². The highest BCUT2D eigenvalue weighted by Gasteiger charge is 2.38. The summed E-state index contributed by atoms with van der Waals surface area (Å²) in [6.45, 7) is 3.96. The average molecular weight is 566 g/mol. The summed E-state index contributed by atoms with van der Waals surface area (Å²) in [5.41, 5.74) is -0.252. The number of aromatic hydroxyl groups is 1. The number of likely N-dealkylation sites (N-methyl/N-ethyl adjacent to an activating group) is 1. The third kappa shape index (κ3) is 4.93. The zero-order chi connectivity index (χ0) is 28.6. The molecule has 0 bridgehead atoms. The Kier molecular flexibility index (Phi) is 7.89. The smallest absolute Gasteiger partial charge is 0.280 e. The van der Waals surface area contributed by atoms with Gasteiger partial charge in [-0.1, -0.05) is 6.07 Å². The molecule has 12 nitrogen and oxygen atoms in total. The summed E-state index contributed by atoms with van der Waals surface area (Å²) in [6.07, 6.45) is 0.483. The number of hydrogen-bond donors (Lipinski definition) is 2. The van der Waals surface area contributed by atoms with Crippen LogP contribution in [0.4, 0.5) is 10.2 Å². The summed E-state index contributed by atoms with van der Waals surface area (Å²) < 4.78 is 49.3. The van der Waals surface area contributed by atoms with Gasteiger partial charge in [0.25, 0.3) is 11.5 Å². The van der Waals surface area contributed by atoms with Gasteiger partial charge in [-0.3, -0.25) is 13.9 Å². The maximum Gasteiger partial charge on any atom is 0.280 e. The van der Waals surface area contributed by atoms with Crippen LogP contribution in [-0.4, -0.2) is 83.4 Å². The number of nitrogens with zero attached hydrogens (tertiary/aromatic N) is 5. The normalized spacial score (nSPS) is 15.6. The molecular formula is C25H32FN5O7S. The molecule has 2 aromatic heterocycles. The fourth-order valence-corrected chi connectivity index (χ4v) is 6.11. The molecule has 4 rings (SSSR count). The van der Waals surface area contributed by atoms with Crippen molar-refractivity contribution in [2.75, 3.05) is 43.9 Å². The van der Waals surface area contributed by atoms with Crippen molar-refractivity contribution >= 4 is 32.7 Å². The molecule has 0 aliphatic carbocycles. The number of rotatable bonds is 10. The van der Waals surface area contributed by atoms with Crippen LogP contribution in [0.25, 0.3) is 10.9 Å². The first-order valence-corrected chi connectivity index (χ1v) is 14.1. The van der Waals surface area contributed by atoms with Crippen LogP contribution in [0.15, 0.2) is 23.0 Å². The van der Waals surface area contributed by atoms with Gasteiger partial charge >= 0.3 is 0 Å². The SMILES string of the molecule is CCN1C[C@H](C)n2c(c(OC)c3c(=O)n(Cc4ccc(F)cc4O)nc(N(C)S(=O)(=O)CCCCO)c32)C1=O. The highest BCUT2D eigenvalue weighted by molar-refractivity contribution is 7.92. The van der Waals surface area contributed by atoms with Crippen molar-refractivity contribution in [3.8, 4) is 11.5 Å². The van der Waals surface area contributed by atoms with E-state index in [0.717, 1.165) is 21.1 Å². The molecule has 0 saturated heterocycles. The van der Waals surface area contributed by atoms with Crippen molar-refractivity contribution in [1.82, 2.24) is 19.2 Å². The number of halogens is 1. The molecule has 2 N–H and O–H groups in total. The maximum atomic E-state index is 13.8. The predicted molar refractivity (Wildman–Crippen MR) is 143 cm³/mol. The van der Waals surface area contributed by atoms with E-state index in [2.05, 4.69) is 5.10 Å². The largest absolute Gasteiger partial charge is 0.507 e. The van der Waals surface area contributed by atoms with Gasteiger partial charge in [0.2, 0.25) is 10.0 Å². The van der Waals surface area contributed by atoms with E-state index in [0.29, 0.717) is 13.1 Å². The molecule has 3 heterocycles. The van der Waals surface area contributed by atoms with Gasteiger partial charge in [-0.05, 0) is 32.8 Å². The van der Waals surface area contributed by atoms with Crippen LogP contribution in [0, 0.1) is 5.82 Å². The number of aliphatic hydroxyl groups is 1. The van der Waals surface area contributed by atoms with E-state index in [-0.39, 0.29) is 77.4 Å². The lowest BCUT2D eigenvalue weighted by atomic mass is 10.2. The molecule has 0 unspecified atom stereocenters. The van der Waals surface area contributed by atoms with Gasteiger partial charge < -0.3 is 24.4 Å². The Labute approximate surface area is 224 Å². The zero-order valence-electron chi connectivity index (χ0n) is 22.2. The number of sulfonamides is 1. The lowest BCUT2D eigenvalue weighted by Crippen LogP contribution is -2.42. The number of methoxy groups -OCH3 is 1. The van der Waals surface area contributed by atoms with E-state index in [1.807, 2.05) is 13.8 Å². The standard InChI is InChI=1S/C25H32FN5O7S/c1-5-29-13-15(2)31-20-19(22(38-4)21(31)25(29)35)24(34)30(14-16-8-9-17(26)12-18(16)33)27-23(20)28(3)39(36,37)11-7-6-10-32/h8-9,12,15,32-33H,5-7,10-11,13-14H2,1-4H3/t15-/m0/s1. The third-order valence-corrected chi connectivity index (χ3v) is 8.74. The second-order valence-electron chi connectivity index (χ2n) is 9.44. The molecule has 0 radical (unpaired) electrons. The fourth-order valence-electron chi connectivity index (χ4n) is 4.88. The number of unbranched alkanes of at least 4 members (excludes halogenated alkanes) is 1. The van der Waals surface area contributed by atoms with Crippen molar-refractivity contribution in [1.29, 1.82) is 0 Å². The van der Waals surface area contributed by atoms with Gasteiger partial charge in [0, 0.05) is 44.4 Å². The number of aromatic nitrogens is 3. The Hall–Kier alpha value is -3.65. The number of benzene rings is 1. The number of phenolic OH excluding ortho intramolecular Hbond substituents is 1. The van der Waals surface area contributed by atoms with Crippen molar-refractivity contribution in [2.24, 2.45) is 0 Å². The first-order valence-electron chi connectivity index (χ1n) is 12.5. The predicted octanol–water partition coefficient (Wildman–Crippen LogP) is 1.67. The number of amides is 1. The van der Waals surface area contributed by atoms with E-state index in [4.69, 9.17) is 9.84 Å². The molecule has 0 fully saturated rings. The highest BCUT2D eigenvalue weighted by Crippen LogP contribution is 2.41. The molecule has 1 aliphatic rings. The lowest BCUT2D eigenvalue weighted by molar-refractivity contribution is 0.0685. The van der Waals surface area contributed by atoms with Crippen LogP contribution in [0.1, 0.15) is 48.8 Å². The lowest BCUT2D eigenvalue weighted by Gasteiger charge is -2.33. The summed E-state index contributed by atoms with van der Waals surface area (Å²) >= 11 is 0. The highest BCUT2D eigenvalue weighted by atomic mass is 32.2. The molecule has 0 saturated carbocycles. The van der Waals surface area contributed by atoms with E-state index in [1.54, 1.807) is 9.47 Å². The molecule has 1 aliphatic heterocycles.